The molecule has 0 aliphatic carbocycles. The number of carbonyl (C=O) groups excluding carboxylic acids is 1. The van der Waals surface area contributed by atoms with Gasteiger partial charge in [0.15, 0.2) is 0 Å². The third kappa shape index (κ3) is 2.89. The number of anilines is 1. The highest BCUT2D eigenvalue weighted by Gasteiger charge is 2.01. The van der Waals surface area contributed by atoms with E-state index >= 15 is 0 Å². The Morgan fingerprint density at radius 3 is 2.67 bits per heavy atom. The SMILES string of the molecule is O=C(CI)Nc1ccccc1I. The Hall–Kier alpha value is 0.150. The lowest BCUT2D eigenvalue weighted by molar-refractivity contribution is -0.113. The number of rotatable bonds is 2. The molecule has 1 aromatic carbocycles. The molecule has 12 heavy (non-hydrogen) atoms. The Bertz CT molecular complexity index is 288. The highest BCUT2D eigenvalue weighted by atomic mass is 127. The zero-order chi connectivity index (χ0) is 8.97. The number of hydrogen-bond acceptors (Lipinski definition) is 1. The van der Waals surface area contributed by atoms with Crippen LogP contribution in [0.25, 0.3) is 0 Å². The molecule has 0 aliphatic rings. The van der Waals surface area contributed by atoms with Crippen molar-refractivity contribution in [3.05, 3.63) is 27.8 Å². The number of para-hydroxylation sites is 1. The lowest BCUT2D eigenvalue weighted by Gasteiger charge is -2.04. The molecule has 1 amide bonds. The minimum absolute atomic E-state index is 0.0414. The van der Waals surface area contributed by atoms with Gasteiger partial charge in [0.1, 0.15) is 0 Å². The molecule has 0 aromatic heterocycles. The summed E-state index contributed by atoms with van der Waals surface area (Å²) in [6.07, 6.45) is 0. The molecule has 0 fully saturated rings. The molecular formula is C8H7I2NO. The predicted octanol–water partition coefficient (Wildman–Crippen LogP) is 2.66. The van der Waals surface area contributed by atoms with E-state index in [0.717, 1.165) is 9.26 Å². The van der Waals surface area contributed by atoms with E-state index < -0.39 is 0 Å². The highest BCUT2D eigenvalue weighted by molar-refractivity contribution is 14.1. The van der Waals surface area contributed by atoms with Gasteiger partial charge >= 0.3 is 0 Å². The second-order valence-electron chi connectivity index (χ2n) is 2.16. The summed E-state index contributed by atoms with van der Waals surface area (Å²) in [5, 5.41) is 2.81. The van der Waals surface area contributed by atoms with Crippen molar-refractivity contribution in [1.82, 2.24) is 0 Å². The first kappa shape index (κ1) is 10.2. The van der Waals surface area contributed by atoms with Crippen molar-refractivity contribution in [2.75, 3.05) is 9.74 Å². The van der Waals surface area contributed by atoms with Crippen LogP contribution in [0, 0.1) is 3.57 Å². The molecule has 1 N–H and O–H groups in total. The first-order valence-electron chi connectivity index (χ1n) is 3.34. The Balaban J connectivity index is 2.75. The van der Waals surface area contributed by atoms with Crippen LogP contribution < -0.4 is 5.32 Å². The second-order valence-corrected chi connectivity index (χ2v) is 4.09. The Labute approximate surface area is 98.4 Å². The van der Waals surface area contributed by atoms with Gasteiger partial charge in [-0.3, -0.25) is 4.79 Å². The molecule has 0 saturated carbocycles. The van der Waals surface area contributed by atoms with Gasteiger partial charge in [-0.05, 0) is 34.7 Å². The van der Waals surface area contributed by atoms with Crippen molar-refractivity contribution in [2.45, 2.75) is 0 Å². The minimum atomic E-state index is 0.0414. The van der Waals surface area contributed by atoms with Crippen molar-refractivity contribution in [3.63, 3.8) is 0 Å². The van der Waals surface area contributed by atoms with Crippen LogP contribution in [0.15, 0.2) is 24.3 Å². The van der Waals surface area contributed by atoms with Gasteiger partial charge in [-0.15, -0.1) is 0 Å². The van der Waals surface area contributed by atoms with E-state index in [2.05, 4.69) is 27.9 Å². The summed E-state index contributed by atoms with van der Waals surface area (Å²) >= 11 is 4.23. The molecule has 0 bridgehead atoms. The van der Waals surface area contributed by atoms with E-state index in [0.29, 0.717) is 4.43 Å². The van der Waals surface area contributed by atoms with Gasteiger partial charge in [0.2, 0.25) is 5.91 Å². The van der Waals surface area contributed by atoms with Crippen LogP contribution in [0.1, 0.15) is 0 Å². The van der Waals surface area contributed by atoms with Crippen molar-refractivity contribution in [1.29, 1.82) is 0 Å². The molecule has 1 aromatic rings. The van der Waals surface area contributed by atoms with Crippen LogP contribution in [0.5, 0.6) is 0 Å². The van der Waals surface area contributed by atoms with Crippen LogP contribution in [-0.4, -0.2) is 10.3 Å². The Morgan fingerprint density at radius 2 is 2.08 bits per heavy atom. The molecule has 0 heterocycles. The molecule has 1 rings (SSSR count). The smallest absolute Gasteiger partial charge is 0.234 e. The first-order valence-corrected chi connectivity index (χ1v) is 5.95. The molecule has 0 radical (unpaired) electrons. The number of alkyl halides is 1. The zero-order valence-electron chi connectivity index (χ0n) is 6.18. The fraction of sp³-hybridized carbons (Fsp3) is 0.125. The van der Waals surface area contributed by atoms with Gasteiger partial charge in [-0.25, -0.2) is 0 Å². The maximum absolute atomic E-state index is 11.0. The van der Waals surface area contributed by atoms with E-state index in [1.807, 2.05) is 46.9 Å². The summed E-state index contributed by atoms with van der Waals surface area (Å²) in [6.45, 7) is 0. The average Bonchev–Trinajstić information content (AvgIpc) is 2.09. The maximum atomic E-state index is 11.0. The predicted molar refractivity (Wildman–Crippen MR) is 66.7 cm³/mol. The summed E-state index contributed by atoms with van der Waals surface area (Å²) < 4.78 is 1.55. The van der Waals surface area contributed by atoms with Gasteiger partial charge in [0, 0.05) is 3.57 Å². The number of halogens is 2. The summed E-state index contributed by atoms with van der Waals surface area (Å²) in [5.41, 5.74) is 0.889. The quantitative estimate of drug-likeness (QED) is 0.614. The fourth-order valence-corrected chi connectivity index (χ4v) is 1.46. The second kappa shape index (κ2) is 5.00. The first-order chi connectivity index (χ1) is 5.74. The average molecular weight is 387 g/mol. The highest BCUT2D eigenvalue weighted by Crippen LogP contribution is 2.16. The number of benzene rings is 1. The molecule has 0 atom stereocenters. The Morgan fingerprint density at radius 1 is 1.42 bits per heavy atom. The topological polar surface area (TPSA) is 29.1 Å². The minimum Gasteiger partial charge on any atom is -0.324 e. The van der Waals surface area contributed by atoms with Crippen molar-refractivity contribution in [2.24, 2.45) is 0 Å². The van der Waals surface area contributed by atoms with Crippen LogP contribution in [-0.2, 0) is 4.79 Å². The number of hydrogen-bond donors (Lipinski definition) is 1. The third-order valence-corrected chi connectivity index (χ3v) is 2.90. The molecule has 64 valence electrons. The van der Waals surface area contributed by atoms with Crippen LogP contribution in [0.4, 0.5) is 5.69 Å². The maximum Gasteiger partial charge on any atom is 0.234 e. The molecular weight excluding hydrogens is 380 g/mol. The molecule has 0 unspecified atom stereocenters. The summed E-state index contributed by atoms with van der Waals surface area (Å²) in [5.74, 6) is 0.0414. The van der Waals surface area contributed by atoms with Gasteiger partial charge in [0.25, 0.3) is 0 Å². The molecule has 0 spiro atoms. The van der Waals surface area contributed by atoms with E-state index in [1.54, 1.807) is 0 Å². The van der Waals surface area contributed by atoms with Crippen LogP contribution >= 0.6 is 45.2 Å². The van der Waals surface area contributed by atoms with Gasteiger partial charge in [-0.2, -0.15) is 0 Å². The van der Waals surface area contributed by atoms with E-state index in [1.165, 1.54) is 0 Å². The van der Waals surface area contributed by atoms with Crippen molar-refractivity contribution < 1.29 is 4.79 Å². The molecule has 0 aliphatic heterocycles. The molecule has 4 heteroatoms. The lowest BCUT2D eigenvalue weighted by Crippen LogP contribution is -2.12. The summed E-state index contributed by atoms with van der Waals surface area (Å²) in [4.78, 5) is 11.0. The van der Waals surface area contributed by atoms with Crippen LogP contribution in [0.3, 0.4) is 0 Å². The van der Waals surface area contributed by atoms with E-state index in [4.69, 9.17) is 0 Å². The largest absolute Gasteiger partial charge is 0.324 e. The lowest BCUT2D eigenvalue weighted by atomic mass is 10.3. The number of amides is 1. The van der Waals surface area contributed by atoms with Gasteiger partial charge < -0.3 is 5.32 Å². The summed E-state index contributed by atoms with van der Waals surface area (Å²) in [7, 11) is 0. The third-order valence-electron chi connectivity index (χ3n) is 1.27. The normalized spacial score (nSPS) is 9.50. The molecule has 0 saturated heterocycles. The van der Waals surface area contributed by atoms with Gasteiger partial charge in [-0.1, -0.05) is 34.7 Å². The van der Waals surface area contributed by atoms with Gasteiger partial charge in [0.05, 0.1) is 10.1 Å². The standard InChI is InChI=1S/C8H7I2NO/c9-5-8(12)11-7-4-2-1-3-6(7)10/h1-4H,5H2,(H,11,12). The van der Waals surface area contributed by atoms with Crippen molar-refractivity contribution >= 4 is 56.8 Å². The Kier molecular flexibility index (Phi) is 4.27. The monoisotopic (exact) mass is 387 g/mol. The van der Waals surface area contributed by atoms with E-state index in [9.17, 15) is 4.79 Å². The molecule has 2 nitrogen and oxygen atoms in total. The number of nitrogens with one attached hydrogen (secondary N) is 1. The van der Waals surface area contributed by atoms with Crippen LogP contribution in [0.2, 0.25) is 0 Å². The zero-order valence-corrected chi connectivity index (χ0v) is 10.5. The number of carbonyl (C=O) groups is 1. The fourth-order valence-electron chi connectivity index (χ4n) is 0.746. The summed E-state index contributed by atoms with van der Waals surface area (Å²) in [6, 6.07) is 7.71. The van der Waals surface area contributed by atoms with E-state index in [-0.39, 0.29) is 5.91 Å². The van der Waals surface area contributed by atoms with Crippen molar-refractivity contribution in [3.8, 4) is 0 Å².